The van der Waals surface area contributed by atoms with Crippen LogP contribution in [0.4, 0.5) is 10.6 Å². The quantitative estimate of drug-likeness (QED) is 0.605. The summed E-state index contributed by atoms with van der Waals surface area (Å²) in [5.74, 6) is -0.833. The molecule has 10 nitrogen and oxygen atoms in total. The first kappa shape index (κ1) is 20.2. The van der Waals surface area contributed by atoms with Gasteiger partial charge in [-0.25, -0.2) is 19.3 Å². The summed E-state index contributed by atoms with van der Waals surface area (Å²) < 4.78 is 6.72. The summed E-state index contributed by atoms with van der Waals surface area (Å²) in [7, 11) is 1.59. The number of hydrogen-bond acceptors (Lipinski definition) is 7. The van der Waals surface area contributed by atoms with E-state index in [0.29, 0.717) is 17.0 Å². The van der Waals surface area contributed by atoms with Gasteiger partial charge in [0.2, 0.25) is 0 Å². The van der Waals surface area contributed by atoms with Gasteiger partial charge in [-0.3, -0.25) is 10.3 Å². The Morgan fingerprint density at radius 3 is 2.72 bits per heavy atom. The van der Waals surface area contributed by atoms with Crippen molar-refractivity contribution in [2.24, 2.45) is 7.05 Å². The van der Waals surface area contributed by atoms with E-state index >= 15 is 0 Å². The Hall–Kier alpha value is -3.53. The van der Waals surface area contributed by atoms with Crippen LogP contribution in [0.3, 0.4) is 0 Å². The van der Waals surface area contributed by atoms with Crippen molar-refractivity contribution >= 4 is 29.5 Å². The molecule has 0 aliphatic carbocycles. The lowest BCUT2D eigenvalue weighted by atomic mass is 10.1. The third-order valence-electron chi connectivity index (χ3n) is 4.12. The maximum absolute atomic E-state index is 12.4. The van der Waals surface area contributed by atoms with Crippen LogP contribution in [0.15, 0.2) is 30.5 Å². The number of amides is 1. The highest BCUT2D eigenvalue weighted by Crippen LogP contribution is 2.27. The molecule has 1 amide bonds. The SMILES string of the molecule is Cc1nc(-c2nnn(C)c2NC(=O)OC(C)c2cccnc2Cl)ccc1C(=O)O. The number of pyridine rings is 2. The van der Waals surface area contributed by atoms with E-state index < -0.39 is 18.2 Å². The van der Waals surface area contributed by atoms with Gasteiger partial charge in [0.1, 0.15) is 11.3 Å². The van der Waals surface area contributed by atoms with Crippen molar-refractivity contribution < 1.29 is 19.4 Å². The van der Waals surface area contributed by atoms with Crippen molar-refractivity contribution in [2.45, 2.75) is 20.0 Å². The summed E-state index contributed by atoms with van der Waals surface area (Å²) >= 11 is 6.03. The van der Waals surface area contributed by atoms with Crippen molar-refractivity contribution in [3.63, 3.8) is 0 Å². The van der Waals surface area contributed by atoms with Crippen LogP contribution in [-0.2, 0) is 11.8 Å². The van der Waals surface area contributed by atoms with E-state index in [1.54, 1.807) is 33.0 Å². The summed E-state index contributed by atoms with van der Waals surface area (Å²) in [4.78, 5) is 31.8. The number of halogens is 1. The van der Waals surface area contributed by atoms with E-state index in [-0.39, 0.29) is 22.2 Å². The predicted molar refractivity (Wildman–Crippen MR) is 104 cm³/mol. The second-order valence-corrected chi connectivity index (χ2v) is 6.46. The molecule has 0 radical (unpaired) electrons. The predicted octanol–water partition coefficient (Wildman–Crippen LogP) is 3.24. The fourth-order valence-electron chi connectivity index (χ4n) is 2.64. The van der Waals surface area contributed by atoms with Gasteiger partial charge in [0.05, 0.1) is 17.0 Å². The number of aryl methyl sites for hydroxylation is 2. The zero-order valence-electron chi connectivity index (χ0n) is 15.8. The molecule has 0 spiro atoms. The van der Waals surface area contributed by atoms with Gasteiger partial charge in [0.25, 0.3) is 0 Å². The molecule has 0 fully saturated rings. The second kappa shape index (κ2) is 8.23. The normalized spacial score (nSPS) is 11.7. The number of carbonyl (C=O) groups is 2. The van der Waals surface area contributed by atoms with Crippen LogP contribution in [0.5, 0.6) is 0 Å². The molecular formula is C18H17ClN6O4. The number of nitrogens with one attached hydrogen (secondary N) is 1. The Bertz CT molecular complexity index is 1080. The maximum Gasteiger partial charge on any atom is 0.413 e. The van der Waals surface area contributed by atoms with Crippen molar-refractivity contribution in [3.05, 3.63) is 52.4 Å². The number of carboxylic acid groups (broad SMARTS) is 1. The Morgan fingerprint density at radius 2 is 2.07 bits per heavy atom. The van der Waals surface area contributed by atoms with Gasteiger partial charge in [-0.2, -0.15) is 0 Å². The van der Waals surface area contributed by atoms with E-state index in [2.05, 4.69) is 25.6 Å². The summed E-state index contributed by atoms with van der Waals surface area (Å²) in [6.07, 6.45) is 0.149. The van der Waals surface area contributed by atoms with E-state index in [9.17, 15) is 9.59 Å². The minimum atomic E-state index is -1.08. The third-order valence-corrected chi connectivity index (χ3v) is 4.43. The summed E-state index contributed by atoms with van der Waals surface area (Å²) in [5, 5.41) is 19.9. The number of ether oxygens (including phenoxy) is 1. The first-order valence-corrected chi connectivity index (χ1v) is 8.84. The number of carboxylic acids is 1. The number of aromatic nitrogens is 5. The maximum atomic E-state index is 12.4. The Labute approximate surface area is 170 Å². The smallest absolute Gasteiger partial charge is 0.413 e. The topological polar surface area (TPSA) is 132 Å². The van der Waals surface area contributed by atoms with Crippen LogP contribution in [0.25, 0.3) is 11.4 Å². The molecule has 3 aromatic rings. The van der Waals surface area contributed by atoms with Crippen LogP contribution in [0.2, 0.25) is 5.15 Å². The molecule has 3 rings (SSSR count). The van der Waals surface area contributed by atoms with E-state index in [1.807, 2.05) is 0 Å². The van der Waals surface area contributed by atoms with E-state index in [4.69, 9.17) is 21.4 Å². The number of nitrogens with zero attached hydrogens (tertiary/aromatic N) is 5. The molecule has 150 valence electrons. The minimum Gasteiger partial charge on any atom is -0.478 e. The first-order chi connectivity index (χ1) is 13.8. The molecule has 3 aromatic heterocycles. The van der Waals surface area contributed by atoms with Gasteiger partial charge < -0.3 is 9.84 Å². The van der Waals surface area contributed by atoms with Gasteiger partial charge in [0.15, 0.2) is 11.5 Å². The Balaban J connectivity index is 1.81. The van der Waals surface area contributed by atoms with Crippen molar-refractivity contribution in [3.8, 4) is 11.4 Å². The Morgan fingerprint density at radius 1 is 1.31 bits per heavy atom. The van der Waals surface area contributed by atoms with E-state index in [0.717, 1.165) is 0 Å². The number of rotatable bonds is 5. The molecule has 0 aliphatic heterocycles. The number of carbonyl (C=O) groups excluding carboxylic acids is 1. The van der Waals surface area contributed by atoms with Gasteiger partial charge in [-0.05, 0) is 32.0 Å². The van der Waals surface area contributed by atoms with E-state index in [1.165, 1.54) is 23.0 Å². The van der Waals surface area contributed by atoms with Gasteiger partial charge in [0, 0.05) is 18.8 Å². The van der Waals surface area contributed by atoms with Crippen molar-refractivity contribution in [2.75, 3.05) is 5.32 Å². The highest BCUT2D eigenvalue weighted by Gasteiger charge is 2.21. The van der Waals surface area contributed by atoms with Gasteiger partial charge in [-0.1, -0.05) is 22.9 Å². The summed E-state index contributed by atoms with van der Waals surface area (Å²) in [6.45, 7) is 3.24. The molecule has 1 unspecified atom stereocenters. The highest BCUT2D eigenvalue weighted by molar-refractivity contribution is 6.30. The molecule has 2 N–H and O–H groups in total. The number of hydrogen-bond donors (Lipinski definition) is 2. The number of aromatic carboxylic acids is 1. The lowest BCUT2D eigenvalue weighted by Gasteiger charge is -2.15. The van der Waals surface area contributed by atoms with Gasteiger partial charge >= 0.3 is 12.1 Å². The van der Waals surface area contributed by atoms with Crippen molar-refractivity contribution in [1.82, 2.24) is 25.0 Å². The third kappa shape index (κ3) is 4.32. The minimum absolute atomic E-state index is 0.0775. The molecule has 29 heavy (non-hydrogen) atoms. The molecule has 0 aromatic carbocycles. The number of anilines is 1. The lowest BCUT2D eigenvalue weighted by Crippen LogP contribution is -2.18. The molecule has 3 heterocycles. The fourth-order valence-corrected chi connectivity index (χ4v) is 2.91. The molecule has 11 heteroatoms. The monoisotopic (exact) mass is 416 g/mol. The van der Waals surface area contributed by atoms with Gasteiger partial charge in [-0.15, -0.1) is 5.10 Å². The zero-order valence-corrected chi connectivity index (χ0v) is 16.5. The summed E-state index contributed by atoms with van der Waals surface area (Å²) in [5.41, 5.74) is 1.59. The molecule has 1 atom stereocenters. The largest absolute Gasteiger partial charge is 0.478 e. The fraction of sp³-hybridized carbons (Fsp3) is 0.222. The van der Waals surface area contributed by atoms with Crippen LogP contribution in [0.1, 0.15) is 34.6 Å². The average Bonchev–Trinajstić information content (AvgIpc) is 3.02. The molecule has 0 bridgehead atoms. The average molecular weight is 417 g/mol. The van der Waals surface area contributed by atoms with Crippen LogP contribution in [-0.4, -0.2) is 42.1 Å². The molecular weight excluding hydrogens is 400 g/mol. The standard InChI is InChI=1S/C18H17ClN6O4/c1-9-11(17(26)27)6-7-13(21-9)14-16(25(3)24-23-14)22-18(28)29-10(2)12-5-4-8-20-15(12)19/h4-8,10H,1-3H3,(H,22,28)(H,26,27). The molecule has 0 aliphatic rings. The van der Waals surface area contributed by atoms with Crippen LogP contribution in [0, 0.1) is 6.92 Å². The lowest BCUT2D eigenvalue weighted by molar-refractivity contribution is 0.0695. The molecule has 0 saturated carbocycles. The molecule has 0 saturated heterocycles. The Kier molecular flexibility index (Phi) is 5.74. The second-order valence-electron chi connectivity index (χ2n) is 6.10. The van der Waals surface area contributed by atoms with Crippen molar-refractivity contribution in [1.29, 1.82) is 0 Å². The first-order valence-electron chi connectivity index (χ1n) is 8.47. The summed E-state index contributed by atoms with van der Waals surface area (Å²) in [6, 6.07) is 6.32. The van der Waals surface area contributed by atoms with Crippen LogP contribution >= 0.6 is 11.6 Å². The highest BCUT2D eigenvalue weighted by atomic mass is 35.5. The van der Waals surface area contributed by atoms with Crippen LogP contribution < -0.4 is 5.32 Å². The zero-order chi connectivity index (χ0) is 21.1.